The van der Waals surface area contributed by atoms with Crippen LogP contribution in [0, 0.1) is 0 Å². The molecule has 0 atom stereocenters. The normalized spacial score (nSPS) is 11.1. The van der Waals surface area contributed by atoms with Crippen LogP contribution in [0.25, 0.3) is 5.65 Å². The highest BCUT2D eigenvalue weighted by Crippen LogP contribution is 2.22. The van der Waals surface area contributed by atoms with Gasteiger partial charge in [0, 0.05) is 25.6 Å². The first-order valence-electron chi connectivity index (χ1n) is 6.06. The minimum absolute atomic E-state index is 0.440. The molecular formula is C12H15N7. The molecule has 3 N–H and O–H groups in total. The number of fused-ring (bicyclic) bond motifs is 1. The largest absolute Gasteiger partial charge is 0.382 e. The molecule has 0 aliphatic carbocycles. The van der Waals surface area contributed by atoms with Crippen LogP contribution >= 0.6 is 0 Å². The fourth-order valence-electron chi connectivity index (χ4n) is 2.06. The molecule has 0 aliphatic heterocycles. The molecule has 0 aliphatic rings. The van der Waals surface area contributed by atoms with Gasteiger partial charge < -0.3 is 15.5 Å². The quantitative estimate of drug-likeness (QED) is 0.739. The van der Waals surface area contributed by atoms with Gasteiger partial charge in [0.15, 0.2) is 11.5 Å². The second-order valence-corrected chi connectivity index (χ2v) is 4.31. The van der Waals surface area contributed by atoms with Gasteiger partial charge in [-0.15, -0.1) is 0 Å². The smallest absolute Gasteiger partial charge is 0.180 e. The van der Waals surface area contributed by atoms with E-state index >= 15 is 0 Å². The average molecular weight is 257 g/mol. The standard InChI is InChI=1S/C12H15N7/c1-3-8-9(6-18(2)17-8)15-11-12-14-4-5-19(12)7-10(13)16-11/h4-7H,3,13H2,1-2H3,(H,15,16). The van der Waals surface area contributed by atoms with Crippen molar-refractivity contribution in [1.82, 2.24) is 24.1 Å². The molecule has 3 aromatic heterocycles. The number of nitrogens with one attached hydrogen (secondary N) is 1. The zero-order valence-corrected chi connectivity index (χ0v) is 10.8. The van der Waals surface area contributed by atoms with Gasteiger partial charge in [-0.3, -0.25) is 4.68 Å². The van der Waals surface area contributed by atoms with Gasteiger partial charge in [-0.25, -0.2) is 9.97 Å². The second-order valence-electron chi connectivity index (χ2n) is 4.31. The summed E-state index contributed by atoms with van der Waals surface area (Å²) in [4.78, 5) is 8.57. The summed E-state index contributed by atoms with van der Waals surface area (Å²) in [6, 6.07) is 0. The van der Waals surface area contributed by atoms with Gasteiger partial charge in [0.1, 0.15) is 5.82 Å². The SMILES string of the molecule is CCc1nn(C)cc1Nc1nc(N)cn2ccnc12. The fraction of sp³-hybridized carbons (Fsp3) is 0.250. The first-order valence-corrected chi connectivity index (χ1v) is 6.06. The predicted octanol–water partition coefficient (Wildman–Crippen LogP) is 1.35. The lowest BCUT2D eigenvalue weighted by Gasteiger charge is -2.07. The van der Waals surface area contributed by atoms with Crippen molar-refractivity contribution in [3.8, 4) is 0 Å². The molecule has 0 unspecified atom stereocenters. The van der Waals surface area contributed by atoms with Crippen molar-refractivity contribution in [3.05, 3.63) is 30.5 Å². The van der Waals surface area contributed by atoms with E-state index in [1.54, 1.807) is 17.1 Å². The highest BCUT2D eigenvalue weighted by molar-refractivity contribution is 5.71. The molecule has 98 valence electrons. The van der Waals surface area contributed by atoms with Crippen molar-refractivity contribution >= 4 is 23.0 Å². The van der Waals surface area contributed by atoms with Gasteiger partial charge in [-0.05, 0) is 6.42 Å². The molecule has 19 heavy (non-hydrogen) atoms. The molecule has 0 saturated heterocycles. The van der Waals surface area contributed by atoms with Crippen molar-refractivity contribution in [2.45, 2.75) is 13.3 Å². The third-order valence-corrected chi connectivity index (χ3v) is 2.89. The van der Waals surface area contributed by atoms with Crippen molar-refractivity contribution in [2.24, 2.45) is 7.05 Å². The summed E-state index contributed by atoms with van der Waals surface area (Å²) in [6.07, 6.45) is 8.05. The minimum atomic E-state index is 0.440. The Balaban J connectivity index is 2.07. The molecule has 0 saturated carbocycles. The van der Waals surface area contributed by atoms with Gasteiger partial charge in [0.25, 0.3) is 0 Å². The highest BCUT2D eigenvalue weighted by atomic mass is 15.3. The van der Waals surface area contributed by atoms with E-state index in [1.807, 2.05) is 23.8 Å². The Kier molecular flexibility index (Phi) is 2.59. The second kappa shape index (κ2) is 4.27. The highest BCUT2D eigenvalue weighted by Gasteiger charge is 2.11. The van der Waals surface area contributed by atoms with Gasteiger partial charge in [0.2, 0.25) is 0 Å². The number of anilines is 3. The Labute approximate surface area is 110 Å². The van der Waals surface area contributed by atoms with Crippen LogP contribution in [0.4, 0.5) is 17.3 Å². The summed E-state index contributed by atoms with van der Waals surface area (Å²) >= 11 is 0. The van der Waals surface area contributed by atoms with E-state index in [4.69, 9.17) is 5.73 Å². The number of imidazole rings is 1. The van der Waals surface area contributed by atoms with Crippen LogP contribution in [0.1, 0.15) is 12.6 Å². The zero-order valence-electron chi connectivity index (χ0n) is 10.8. The maximum Gasteiger partial charge on any atom is 0.180 e. The molecule has 3 rings (SSSR count). The maximum atomic E-state index is 5.79. The summed E-state index contributed by atoms with van der Waals surface area (Å²) < 4.78 is 3.61. The molecule has 3 heterocycles. The molecule has 0 spiro atoms. The van der Waals surface area contributed by atoms with Crippen molar-refractivity contribution < 1.29 is 0 Å². The number of aromatic nitrogens is 5. The molecule has 0 bridgehead atoms. The number of rotatable bonds is 3. The maximum absolute atomic E-state index is 5.79. The van der Waals surface area contributed by atoms with E-state index in [9.17, 15) is 0 Å². The summed E-state index contributed by atoms with van der Waals surface area (Å²) in [7, 11) is 1.89. The third kappa shape index (κ3) is 1.99. The summed E-state index contributed by atoms with van der Waals surface area (Å²) in [5.74, 6) is 1.07. The number of nitrogens with two attached hydrogens (primary N) is 1. The van der Waals surface area contributed by atoms with Crippen LogP contribution in [-0.2, 0) is 13.5 Å². The van der Waals surface area contributed by atoms with Crippen molar-refractivity contribution in [2.75, 3.05) is 11.1 Å². The number of aryl methyl sites for hydroxylation is 2. The lowest BCUT2D eigenvalue weighted by atomic mass is 10.3. The first-order chi connectivity index (χ1) is 9.17. The topological polar surface area (TPSA) is 86.1 Å². The lowest BCUT2D eigenvalue weighted by Crippen LogP contribution is -2.02. The monoisotopic (exact) mass is 257 g/mol. The van der Waals surface area contributed by atoms with Gasteiger partial charge in [0.05, 0.1) is 17.6 Å². The minimum Gasteiger partial charge on any atom is -0.382 e. The predicted molar refractivity (Wildman–Crippen MR) is 73.3 cm³/mol. The van der Waals surface area contributed by atoms with Gasteiger partial charge >= 0.3 is 0 Å². The van der Waals surface area contributed by atoms with Crippen LogP contribution in [0.2, 0.25) is 0 Å². The van der Waals surface area contributed by atoms with Gasteiger partial charge in [-0.2, -0.15) is 5.10 Å². The van der Waals surface area contributed by atoms with Crippen LogP contribution in [0.3, 0.4) is 0 Å². The summed E-state index contributed by atoms with van der Waals surface area (Å²) in [5, 5.41) is 7.64. The first kappa shape index (κ1) is 11.5. The van der Waals surface area contributed by atoms with E-state index < -0.39 is 0 Å². The number of nitrogens with zero attached hydrogens (tertiary/aromatic N) is 5. The lowest BCUT2D eigenvalue weighted by molar-refractivity contribution is 0.746. The molecule has 3 aromatic rings. The van der Waals surface area contributed by atoms with E-state index in [1.165, 1.54) is 0 Å². The molecule has 0 fully saturated rings. The van der Waals surface area contributed by atoms with Crippen LogP contribution in [0.15, 0.2) is 24.8 Å². The summed E-state index contributed by atoms with van der Waals surface area (Å²) in [6.45, 7) is 2.06. The molecule has 0 aromatic carbocycles. The van der Waals surface area contributed by atoms with E-state index in [-0.39, 0.29) is 0 Å². The Morgan fingerprint density at radius 1 is 1.37 bits per heavy atom. The Morgan fingerprint density at radius 3 is 3.00 bits per heavy atom. The average Bonchev–Trinajstić information content (AvgIpc) is 2.95. The van der Waals surface area contributed by atoms with Crippen LogP contribution in [-0.4, -0.2) is 24.1 Å². The zero-order chi connectivity index (χ0) is 13.4. The Morgan fingerprint density at radius 2 is 2.21 bits per heavy atom. The molecule has 0 amide bonds. The fourth-order valence-corrected chi connectivity index (χ4v) is 2.06. The molecule has 7 nitrogen and oxygen atoms in total. The molecular weight excluding hydrogens is 242 g/mol. The van der Waals surface area contributed by atoms with Gasteiger partial charge in [-0.1, -0.05) is 6.92 Å². The van der Waals surface area contributed by atoms with E-state index in [0.717, 1.165) is 23.4 Å². The van der Waals surface area contributed by atoms with Crippen molar-refractivity contribution in [1.29, 1.82) is 0 Å². The van der Waals surface area contributed by atoms with Crippen LogP contribution in [0.5, 0.6) is 0 Å². The van der Waals surface area contributed by atoms with Crippen LogP contribution < -0.4 is 11.1 Å². The Bertz CT molecular complexity index is 725. The van der Waals surface area contributed by atoms with E-state index in [0.29, 0.717) is 11.6 Å². The number of hydrogen-bond donors (Lipinski definition) is 2. The molecule has 0 radical (unpaired) electrons. The number of hydrogen-bond acceptors (Lipinski definition) is 5. The number of nitrogen functional groups attached to an aromatic ring is 1. The van der Waals surface area contributed by atoms with Crippen molar-refractivity contribution in [3.63, 3.8) is 0 Å². The third-order valence-electron chi connectivity index (χ3n) is 2.89. The summed E-state index contributed by atoms with van der Waals surface area (Å²) in [5.41, 5.74) is 8.44. The Hall–Kier alpha value is -2.57. The van der Waals surface area contributed by atoms with E-state index in [2.05, 4.69) is 27.3 Å². The molecule has 7 heteroatoms.